The molecule has 1 spiro atoms. The number of benzene rings is 2. The third-order valence-corrected chi connectivity index (χ3v) is 7.11. The van der Waals surface area contributed by atoms with Crippen molar-refractivity contribution in [3.63, 3.8) is 0 Å². The van der Waals surface area contributed by atoms with Crippen molar-refractivity contribution in [2.24, 2.45) is 5.41 Å². The van der Waals surface area contributed by atoms with E-state index in [1.807, 2.05) is 54.6 Å². The summed E-state index contributed by atoms with van der Waals surface area (Å²) in [7, 11) is 1.67. The van der Waals surface area contributed by atoms with Crippen LogP contribution in [0.5, 0.6) is 11.5 Å². The molecule has 2 aromatic carbocycles. The first kappa shape index (κ1) is 18.3. The SMILES string of the molecule is CNC(=O)c1sc(C2CC3(CNC3)C2)nc1-c1ccc(Oc2ccccc2)cc1. The third kappa shape index (κ3) is 3.43. The molecule has 1 aromatic heterocycles. The Labute approximate surface area is 174 Å². The monoisotopic (exact) mass is 405 g/mol. The number of carbonyl (C=O) groups excluding carboxylic acids is 1. The fourth-order valence-corrected chi connectivity index (χ4v) is 5.34. The van der Waals surface area contributed by atoms with Crippen molar-refractivity contribution in [3.8, 4) is 22.8 Å². The zero-order valence-electron chi connectivity index (χ0n) is 16.3. The molecule has 2 heterocycles. The molecular formula is C23H23N3O2S. The summed E-state index contributed by atoms with van der Waals surface area (Å²) < 4.78 is 5.88. The second-order valence-corrected chi connectivity index (χ2v) is 8.99. The Morgan fingerprint density at radius 3 is 2.41 bits per heavy atom. The molecule has 0 unspecified atom stereocenters. The van der Waals surface area contributed by atoms with Crippen molar-refractivity contribution in [1.29, 1.82) is 0 Å². The van der Waals surface area contributed by atoms with Crippen molar-refractivity contribution >= 4 is 17.2 Å². The molecule has 1 saturated heterocycles. The molecule has 5 nitrogen and oxygen atoms in total. The normalized spacial score (nSPS) is 17.4. The smallest absolute Gasteiger partial charge is 0.263 e. The molecule has 2 N–H and O–H groups in total. The molecule has 1 aliphatic carbocycles. The molecule has 29 heavy (non-hydrogen) atoms. The summed E-state index contributed by atoms with van der Waals surface area (Å²) in [4.78, 5) is 18.1. The van der Waals surface area contributed by atoms with E-state index >= 15 is 0 Å². The minimum Gasteiger partial charge on any atom is -0.457 e. The van der Waals surface area contributed by atoms with E-state index in [4.69, 9.17) is 9.72 Å². The fraction of sp³-hybridized carbons (Fsp3) is 0.304. The molecule has 148 valence electrons. The summed E-state index contributed by atoms with van der Waals surface area (Å²) in [6, 6.07) is 17.5. The van der Waals surface area contributed by atoms with Gasteiger partial charge in [-0.1, -0.05) is 18.2 Å². The zero-order chi connectivity index (χ0) is 19.8. The Hall–Kier alpha value is -2.70. The molecule has 1 saturated carbocycles. The second-order valence-electron chi connectivity index (χ2n) is 7.96. The highest BCUT2D eigenvalue weighted by atomic mass is 32.1. The number of ether oxygens (including phenoxy) is 1. The van der Waals surface area contributed by atoms with Crippen LogP contribution in [0.15, 0.2) is 54.6 Å². The number of carbonyl (C=O) groups is 1. The van der Waals surface area contributed by atoms with Gasteiger partial charge < -0.3 is 15.4 Å². The topological polar surface area (TPSA) is 63.2 Å². The van der Waals surface area contributed by atoms with Gasteiger partial charge in [0.15, 0.2) is 0 Å². The van der Waals surface area contributed by atoms with Gasteiger partial charge in [0.05, 0.1) is 10.7 Å². The Morgan fingerprint density at radius 2 is 1.79 bits per heavy atom. The quantitative estimate of drug-likeness (QED) is 0.659. The number of nitrogens with one attached hydrogen (secondary N) is 2. The number of para-hydroxylation sites is 1. The molecule has 0 radical (unpaired) electrons. The first-order valence-corrected chi connectivity index (χ1v) is 10.7. The molecule has 5 rings (SSSR count). The van der Waals surface area contributed by atoms with E-state index in [0.29, 0.717) is 16.2 Å². The highest BCUT2D eigenvalue weighted by Crippen LogP contribution is 2.54. The number of hydrogen-bond donors (Lipinski definition) is 2. The predicted octanol–water partition coefficient (Wildman–Crippen LogP) is 4.43. The average Bonchev–Trinajstić information content (AvgIpc) is 3.11. The van der Waals surface area contributed by atoms with Crippen LogP contribution in [-0.2, 0) is 0 Å². The van der Waals surface area contributed by atoms with Crippen molar-refractivity contribution < 1.29 is 9.53 Å². The Balaban J connectivity index is 1.39. The van der Waals surface area contributed by atoms with Crippen LogP contribution in [0.3, 0.4) is 0 Å². The first-order chi connectivity index (χ1) is 14.2. The van der Waals surface area contributed by atoms with E-state index in [-0.39, 0.29) is 5.91 Å². The standard InChI is InChI=1S/C23H23N3O2S/c1-24-21(27)20-19(26-22(29-20)16-11-23(12-16)13-25-14-23)15-7-9-18(10-8-15)28-17-5-3-2-4-6-17/h2-10,16,25H,11-14H2,1H3,(H,24,27). The summed E-state index contributed by atoms with van der Waals surface area (Å²) in [6.07, 6.45) is 2.34. The number of amides is 1. The summed E-state index contributed by atoms with van der Waals surface area (Å²) in [5, 5.41) is 7.22. The van der Waals surface area contributed by atoms with Crippen LogP contribution in [0.25, 0.3) is 11.3 Å². The Morgan fingerprint density at radius 1 is 1.10 bits per heavy atom. The number of rotatable bonds is 5. The van der Waals surface area contributed by atoms with Crippen LogP contribution < -0.4 is 15.4 Å². The van der Waals surface area contributed by atoms with E-state index < -0.39 is 0 Å². The van der Waals surface area contributed by atoms with Gasteiger partial charge in [0.2, 0.25) is 0 Å². The lowest BCUT2D eigenvalue weighted by molar-refractivity contribution is 0.0362. The van der Waals surface area contributed by atoms with Gasteiger partial charge in [0.25, 0.3) is 5.91 Å². The largest absolute Gasteiger partial charge is 0.457 e. The molecule has 0 bridgehead atoms. The summed E-state index contributed by atoms with van der Waals surface area (Å²) >= 11 is 1.54. The molecule has 6 heteroatoms. The Kier molecular flexibility index (Phi) is 4.60. The Bertz CT molecular complexity index is 1020. The predicted molar refractivity (Wildman–Crippen MR) is 115 cm³/mol. The maximum atomic E-state index is 12.5. The van der Waals surface area contributed by atoms with E-state index in [1.54, 1.807) is 7.05 Å². The van der Waals surface area contributed by atoms with Crippen molar-refractivity contribution in [2.75, 3.05) is 20.1 Å². The lowest BCUT2D eigenvalue weighted by Crippen LogP contribution is -2.59. The number of thiazole rings is 1. The third-order valence-electron chi connectivity index (χ3n) is 5.89. The molecule has 2 fully saturated rings. The van der Waals surface area contributed by atoms with Gasteiger partial charge in [-0.05, 0) is 54.7 Å². The highest BCUT2D eigenvalue weighted by Gasteiger charge is 2.49. The van der Waals surface area contributed by atoms with Crippen molar-refractivity contribution in [2.45, 2.75) is 18.8 Å². The fourth-order valence-electron chi connectivity index (χ4n) is 4.21. The van der Waals surface area contributed by atoms with Gasteiger partial charge in [-0.2, -0.15) is 0 Å². The molecule has 1 aliphatic heterocycles. The number of nitrogens with zero attached hydrogens (tertiary/aromatic N) is 1. The van der Waals surface area contributed by atoms with Crippen molar-refractivity contribution in [3.05, 3.63) is 64.5 Å². The molecular weight excluding hydrogens is 382 g/mol. The van der Waals surface area contributed by atoms with Gasteiger partial charge in [-0.3, -0.25) is 4.79 Å². The summed E-state index contributed by atoms with van der Waals surface area (Å²) in [5.74, 6) is 1.95. The lowest BCUT2D eigenvalue weighted by Gasteiger charge is -2.53. The molecule has 3 aromatic rings. The van der Waals surface area contributed by atoms with Crippen LogP contribution in [0.2, 0.25) is 0 Å². The average molecular weight is 406 g/mol. The van der Waals surface area contributed by atoms with E-state index in [0.717, 1.165) is 40.9 Å². The maximum Gasteiger partial charge on any atom is 0.263 e. The molecule has 0 atom stereocenters. The van der Waals surface area contributed by atoms with Crippen LogP contribution in [0.4, 0.5) is 0 Å². The maximum absolute atomic E-state index is 12.5. The van der Waals surface area contributed by atoms with Gasteiger partial charge in [-0.25, -0.2) is 4.98 Å². The van der Waals surface area contributed by atoms with E-state index in [2.05, 4.69) is 10.6 Å². The molecule has 1 amide bonds. The van der Waals surface area contributed by atoms with Crippen LogP contribution >= 0.6 is 11.3 Å². The van der Waals surface area contributed by atoms with Gasteiger partial charge >= 0.3 is 0 Å². The minimum absolute atomic E-state index is 0.0762. The van der Waals surface area contributed by atoms with E-state index in [1.165, 1.54) is 24.2 Å². The number of hydrogen-bond acceptors (Lipinski definition) is 5. The minimum atomic E-state index is -0.0762. The highest BCUT2D eigenvalue weighted by molar-refractivity contribution is 7.14. The summed E-state index contributed by atoms with van der Waals surface area (Å²) in [6.45, 7) is 2.24. The van der Waals surface area contributed by atoms with Crippen LogP contribution in [0, 0.1) is 5.41 Å². The van der Waals surface area contributed by atoms with Crippen LogP contribution in [-0.4, -0.2) is 31.0 Å². The first-order valence-electron chi connectivity index (χ1n) is 9.93. The summed E-state index contributed by atoms with van der Waals surface area (Å²) in [5.41, 5.74) is 2.19. The zero-order valence-corrected chi connectivity index (χ0v) is 17.1. The van der Waals surface area contributed by atoms with Gasteiger partial charge in [-0.15, -0.1) is 11.3 Å². The van der Waals surface area contributed by atoms with Gasteiger partial charge in [0.1, 0.15) is 16.4 Å². The van der Waals surface area contributed by atoms with Crippen molar-refractivity contribution in [1.82, 2.24) is 15.6 Å². The number of aromatic nitrogens is 1. The molecule has 2 aliphatic rings. The van der Waals surface area contributed by atoms with Gasteiger partial charge in [0, 0.05) is 31.6 Å². The second kappa shape index (κ2) is 7.28. The van der Waals surface area contributed by atoms with Crippen LogP contribution in [0.1, 0.15) is 33.4 Å². The lowest BCUT2D eigenvalue weighted by atomic mass is 9.59. The van der Waals surface area contributed by atoms with E-state index in [9.17, 15) is 4.79 Å².